The van der Waals surface area contributed by atoms with Gasteiger partial charge in [0.1, 0.15) is 5.69 Å². The number of aromatic amines is 1. The smallest absolute Gasteiger partial charge is 0.271 e. The van der Waals surface area contributed by atoms with E-state index in [1.807, 2.05) is 18.2 Å². The van der Waals surface area contributed by atoms with Crippen LogP contribution in [0.4, 0.5) is 11.4 Å². The predicted molar refractivity (Wildman–Crippen MR) is 124 cm³/mol. The molecule has 0 spiro atoms. The molecule has 8 nitrogen and oxygen atoms in total. The van der Waals surface area contributed by atoms with Crippen LogP contribution in [0.5, 0.6) is 0 Å². The SMILES string of the molecule is CCCCC(CC)NC(=O)c1[nH]ncc1NC(=O)c1cccc(N2CCN(C)CC2)c1. The summed E-state index contributed by atoms with van der Waals surface area (Å²) in [6, 6.07) is 7.72. The maximum atomic E-state index is 12.9. The Morgan fingerprint density at radius 2 is 1.94 bits per heavy atom. The number of anilines is 2. The number of hydrogen-bond donors (Lipinski definition) is 3. The third-order valence-electron chi connectivity index (χ3n) is 5.83. The monoisotopic (exact) mass is 426 g/mol. The highest BCUT2D eigenvalue weighted by Crippen LogP contribution is 2.20. The van der Waals surface area contributed by atoms with Gasteiger partial charge in [-0.05, 0) is 38.1 Å². The zero-order valence-electron chi connectivity index (χ0n) is 18.8. The van der Waals surface area contributed by atoms with E-state index in [4.69, 9.17) is 0 Å². The van der Waals surface area contributed by atoms with Crippen molar-refractivity contribution in [3.63, 3.8) is 0 Å². The first-order chi connectivity index (χ1) is 15.0. The summed E-state index contributed by atoms with van der Waals surface area (Å²) in [5.41, 5.74) is 2.25. The zero-order chi connectivity index (χ0) is 22.2. The molecule has 1 aromatic carbocycles. The standard InChI is InChI=1S/C23H34N6O2/c1-4-6-9-18(5-2)25-23(31)21-20(16-24-27-21)26-22(30)17-8-7-10-19(15-17)29-13-11-28(3)12-14-29/h7-8,10,15-16,18H,4-6,9,11-14H2,1-3H3,(H,24,27)(H,25,31)(H,26,30). The van der Waals surface area contributed by atoms with E-state index in [2.05, 4.69) is 51.5 Å². The second-order valence-corrected chi connectivity index (χ2v) is 8.17. The van der Waals surface area contributed by atoms with Gasteiger partial charge in [-0.2, -0.15) is 5.10 Å². The van der Waals surface area contributed by atoms with E-state index >= 15 is 0 Å². The Kier molecular flexibility index (Phi) is 8.06. The minimum atomic E-state index is -0.260. The number of carbonyl (C=O) groups is 2. The van der Waals surface area contributed by atoms with Crippen LogP contribution in [-0.2, 0) is 0 Å². The summed E-state index contributed by atoms with van der Waals surface area (Å²) in [7, 11) is 2.12. The minimum Gasteiger partial charge on any atom is -0.369 e. The second kappa shape index (κ2) is 10.9. The maximum absolute atomic E-state index is 12.9. The molecule has 1 atom stereocenters. The van der Waals surface area contributed by atoms with E-state index in [9.17, 15) is 9.59 Å². The number of nitrogens with zero attached hydrogens (tertiary/aromatic N) is 3. The first-order valence-corrected chi connectivity index (χ1v) is 11.2. The lowest BCUT2D eigenvalue weighted by atomic mass is 10.1. The van der Waals surface area contributed by atoms with Crippen LogP contribution in [0, 0.1) is 0 Å². The summed E-state index contributed by atoms with van der Waals surface area (Å²) >= 11 is 0. The molecule has 31 heavy (non-hydrogen) atoms. The van der Waals surface area contributed by atoms with Gasteiger partial charge < -0.3 is 20.4 Å². The average molecular weight is 427 g/mol. The molecular weight excluding hydrogens is 392 g/mol. The van der Waals surface area contributed by atoms with Gasteiger partial charge >= 0.3 is 0 Å². The third kappa shape index (κ3) is 6.07. The number of benzene rings is 1. The molecule has 2 heterocycles. The lowest BCUT2D eigenvalue weighted by molar-refractivity contribution is 0.0929. The average Bonchev–Trinajstić information content (AvgIpc) is 3.25. The van der Waals surface area contributed by atoms with Crippen LogP contribution >= 0.6 is 0 Å². The molecule has 3 rings (SSSR count). The Bertz CT molecular complexity index is 872. The van der Waals surface area contributed by atoms with Gasteiger partial charge in [-0.3, -0.25) is 14.7 Å². The molecule has 8 heteroatoms. The van der Waals surface area contributed by atoms with Crippen LogP contribution < -0.4 is 15.5 Å². The largest absolute Gasteiger partial charge is 0.369 e. The highest BCUT2D eigenvalue weighted by molar-refractivity contribution is 6.08. The molecule has 1 aromatic heterocycles. The van der Waals surface area contributed by atoms with E-state index in [0.717, 1.165) is 57.5 Å². The Labute approximate surface area is 184 Å². The number of likely N-dealkylation sites (N-methyl/N-ethyl adjacent to an activating group) is 1. The summed E-state index contributed by atoms with van der Waals surface area (Å²) in [6.07, 6.45) is 5.43. The van der Waals surface area contributed by atoms with Crippen LogP contribution in [0.25, 0.3) is 0 Å². The third-order valence-corrected chi connectivity index (χ3v) is 5.83. The second-order valence-electron chi connectivity index (χ2n) is 8.17. The molecule has 0 radical (unpaired) electrons. The molecule has 1 aliphatic rings. The van der Waals surface area contributed by atoms with E-state index in [1.54, 1.807) is 6.07 Å². The quantitative estimate of drug-likeness (QED) is 0.573. The fourth-order valence-electron chi connectivity index (χ4n) is 3.74. The molecule has 1 aliphatic heterocycles. The van der Waals surface area contributed by atoms with Crippen molar-refractivity contribution in [3.05, 3.63) is 41.7 Å². The zero-order valence-corrected chi connectivity index (χ0v) is 18.8. The van der Waals surface area contributed by atoms with Crippen LogP contribution in [0.15, 0.2) is 30.5 Å². The van der Waals surface area contributed by atoms with Crippen LogP contribution in [0.1, 0.15) is 60.4 Å². The molecule has 0 bridgehead atoms. The minimum absolute atomic E-state index is 0.111. The van der Waals surface area contributed by atoms with E-state index in [0.29, 0.717) is 11.3 Å². The van der Waals surface area contributed by atoms with Gasteiger partial charge in [-0.15, -0.1) is 0 Å². The highest BCUT2D eigenvalue weighted by Gasteiger charge is 2.20. The molecule has 168 valence electrons. The van der Waals surface area contributed by atoms with Gasteiger partial charge in [-0.25, -0.2) is 0 Å². The molecule has 2 aromatic rings. The lowest BCUT2D eigenvalue weighted by Gasteiger charge is -2.34. The fourth-order valence-corrected chi connectivity index (χ4v) is 3.74. The van der Waals surface area contributed by atoms with Gasteiger partial charge in [-0.1, -0.05) is 32.8 Å². The molecule has 2 amide bonds. The number of unbranched alkanes of at least 4 members (excludes halogenated alkanes) is 1. The lowest BCUT2D eigenvalue weighted by Crippen LogP contribution is -2.44. The topological polar surface area (TPSA) is 93.4 Å². The number of amides is 2. The maximum Gasteiger partial charge on any atom is 0.271 e. The van der Waals surface area contributed by atoms with Crippen LogP contribution in [0.2, 0.25) is 0 Å². The van der Waals surface area contributed by atoms with Crippen LogP contribution in [0.3, 0.4) is 0 Å². The van der Waals surface area contributed by atoms with E-state index in [-0.39, 0.29) is 23.6 Å². The predicted octanol–water partition coefficient (Wildman–Crippen LogP) is 3.11. The van der Waals surface area contributed by atoms with Gasteiger partial charge in [0.05, 0.1) is 11.9 Å². The number of piperazine rings is 1. The van der Waals surface area contributed by atoms with Gasteiger partial charge in [0, 0.05) is 43.5 Å². The molecule has 0 aliphatic carbocycles. The van der Waals surface area contributed by atoms with Crippen molar-refractivity contribution in [3.8, 4) is 0 Å². The summed E-state index contributed by atoms with van der Waals surface area (Å²) in [5, 5.41) is 12.6. The molecule has 0 saturated carbocycles. The van der Waals surface area contributed by atoms with Gasteiger partial charge in [0.25, 0.3) is 11.8 Å². The summed E-state index contributed by atoms with van der Waals surface area (Å²) in [5.74, 6) is -0.508. The Balaban J connectivity index is 1.66. The summed E-state index contributed by atoms with van der Waals surface area (Å²) in [6.45, 7) is 8.07. The Morgan fingerprint density at radius 1 is 1.16 bits per heavy atom. The molecule has 1 unspecified atom stereocenters. The number of aromatic nitrogens is 2. The van der Waals surface area contributed by atoms with Crippen molar-refractivity contribution in [1.29, 1.82) is 0 Å². The molecule has 1 saturated heterocycles. The number of carbonyl (C=O) groups excluding carboxylic acids is 2. The van der Waals surface area contributed by atoms with Gasteiger partial charge in [0.2, 0.25) is 0 Å². The number of H-pyrrole nitrogens is 1. The van der Waals surface area contributed by atoms with Crippen molar-refractivity contribution >= 4 is 23.2 Å². The normalized spacial score (nSPS) is 15.5. The highest BCUT2D eigenvalue weighted by atomic mass is 16.2. The molecular formula is C23H34N6O2. The number of nitrogens with one attached hydrogen (secondary N) is 3. The first kappa shape index (κ1) is 22.8. The Morgan fingerprint density at radius 3 is 2.65 bits per heavy atom. The van der Waals surface area contributed by atoms with Crippen molar-refractivity contribution in [2.45, 2.75) is 45.6 Å². The van der Waals surface area contributed by atoms with E-state index < -0.39 is 0 Å². The number of hydrogen-bond acceptors (Lipinski definition) is 5. The van der Waals surface area contributed by atoms with Crippen LogP contribution in [-0.4, -0.2) is 66.2 Å². The van der Waals surface area contributed by atoms with Gasteiger partial charge in [0.15, 0.2) is 0 Å². The summed E-state index contributed by atoms with van der Waals surface area (Å²) in [4.78, 5) is 30.2. The van der Waals surface area contributed by atoms with Crippen molar-refractivity contribution in [2.75, 3.05) is 43.4 Å². The Hall–Kier alpha value is -2.87. The van der Waals surface area contributed by atoms with E-state index in [1.165, 1.54) is 6.20 Å². The summed E-state index contributed by atoms with van der Waals surface area (Å²) < 4.78 is 0. The van der Waals surface area contributed by atoms with Crippen molar-refractivity contribution in [1.82, 2.24) is 20.4 Å². The van der Waals surface area contributed by atoms with Crippen molar-refractivity contribution < 1.29 is 9.59 Å². The van der Waals surface area contributed by atoms with Crippen molar-refractivity contribution in [2.24, 2.45) is 0 Å². The molecule has 3 N–H and O–H groups in total. The molecule has 1 fully saturated rings. The first-order valence-electron chi connectivity index (χ1n) is 11.2. The fraction of sp³-hybridized carbons (Fsp3) is 0.522. The number of rotatable bonds is 9.